The van der Waals surface area contributed by atoms with Gasteiger partial charge in [0.15, 0.2) is 0 Å². The first-order valence-electron chi connectivity index (χ1n) is 11.9. The second-order valence-electron chi connectivity index (χ2n) is 9.19. The van der Waals surface area contributed by atoms with Gasteiger partial charge in [0.25, 0.3) is 0 Å². The van der Waals surface area contributed by atoms with Crippen molar-refractivity contribution < 1.29 is 17.9 Å². The van der Waals surface area contributed by atoms with Crippen LogP contribution in [0.2, 0.25) is 0 Å². The summed E-state index contributed by atoms with van der Waals surface area (Å²) in [5, 5.41) is 4.99. The maximum Gasteiger partial charge on any atom is 0.243 e. The summed E-state index contributed by atoms with van der Waals surface area (Å²) >= 11 is 0. The highest BCUT2D eigenvalue weighted by Gasteiger charge is 2.32. The van der Waals surface area contributed by atoms with Gasteiger partial charge in [-0.25, -0.2) is 8.42 Å². The molecule has 0 saturated carbocycles. The third-order valence-electron chi connectivity index (χ3n) is 6.75. The number of fused-ring (bicyclic) bond motifs is 1. The third-order valence-corrected chi connectivity index (χ3v) is 8.65. The first-order chi connectivity index (χ1) is 16.8. The van der Waals surface area contributed by atoms with Crippen LogP contribution in [0.15, 0.2) is 71.6 Å². The van der Waals surface area contributed by atoms with E-state index in [2.05, 4.69) is 10.2 Å². The van der Waals surface area contributed by atoms with Gasteiger partial charge in [-0.3, -0.25) is 4.79 Å². The van der Waals surface area contributed by atoms with Crippen LogP contribution in [0.1, 0.15) is 24.4 Å². The normalized spacial score (nSPS) is 16.3. The fraction of sp³-hybridized carbons (Fsp3) is 0.370. The fourth-order valence-corrected chi connectivity index (χ4v) is 6.13. The van der Waals surface area contributed by atoms with Gasteiger partial charge in [-0.2, -0.15) is 4.31 Å². The van der Waals surface area contributed by atoms with E-state index in [9.17, 15) is 13.2 Å². The van der Waals surface area contributed by atoms with Gasteiger partial charge < -0.3 is 15.0 Å². The number of ether oxygens (including phenoxy) is 1. The van der Waals surface area contributed by atoms with Crippen molar-refractivity contribution in [3.8, 4) is 5.75 Å². The molecule has 0 radical (unpaired) electrons. The minimum atomic E-state index is -3.60. The molecule has 1 aliphatic rings. The summed E-state index contributed by atoms with van der Waals surface area (Å²) in [5.74, 6) is 0.550. The number of nitrogens with one attached hydrogen (secondary N) is 1. The molecule has 1 fully saturated rings. The average molecular weight is 496 g/mol. The molecule has 8 heteroatoms. The molecular weight excluding hydrogens is 462 g/mol. The maximum atomic E-state index is 13.2. The Hall–Kier alpha value is -2.94. The predicted octanol–water partition coefficient (Wildman–Crippen LogP) is 3.67. The molecule has 1 N–H and O–H groups in total. The fourth-order valence-electron chi connectivity index (χ4n) is 4.62. The van der Waals surface area contributed by atoms with Gasteiger partial charge >= 0.3 is 0 Å². The van der Waals surface area contributed by atoms with Crippen LogP contribution in [0.3, 0.4) is 0 Å². The van der Waals surface area contributed by atoms with E-state index >= 15 is 0 Å². The first-order valence-corrected chi connectivity index (χ1v) is 13.3. The highest BCUT2D eigenvalue weighted by Crippen LogP contribution is 2.27. The molecule has 0 bridgehead atoms. The molecule has 0 aliphatic carbocycles. The van der Waals surface area contributed by atoms with E-state index in [1.807, 2.05) is 68.7 Å². The van der Waals surface area contributed by atoms with E-state index in [-0.39, 0.29) is 17.9 Å². The number of carbonyl (C=O) groups is 1. The van der Waals surface area contributed by atoms with Crippen molar-refractivity contribution in [1.82, 2.24) is 14.5 Å². The van der Waals surface area contributed by atoms with Crippen molar-refractivity contribution in [3.05, 3.63) is 72.3 Å². The Bertz CT molecular complexity index is 1280. The van der Waals surface area contributed by atoms with Crippen LogP contribution < -0.4 is 10.1 Å². The van der Waals surface area contributed by atoms with Gasteiger partial charge in [0, 0.05) is 25.6 Å². The Morgan fingerprint density at radius 2 is 1.74 bits per heavy atom. The summed E-state index contributed by atoms with van der Waals surface area (Å²) in [6, 6.07) is 20.8. The lowest BCUT2D eigenvalue weighted by atomic mass is 9.97. The molecule has 1 atom stereocenters. The van der Waals surface area contributed by atoms with Crippen molar-refractivity contribution in [3.63, 3.8) is 0 Å². The van der Waals surface area contributed by atoms with Gasteiger partial charge in [-0.05, 0) is 67.5 Å². The first kappa shape index (κ1) is 25.2. The Kier molecular flexibility index (Phi) is 7.74. The molecule has 3 aromatic carbocycles. The summed E-state index contributed by atoms with van der Waals surface area (Å²) in [4.78, 5) is 15.3. The summed E-state index contributed by atoms with van der Waals surface area (Å²) < 4.78 is 33.3. The van der Waals surface area contributed by atoms with Gasteiger partial charge in [0.2, 0.25) is 15.9 Å². The minimum absolute atomic E-state index is 0.00224. The van der Waals surface area contributed by atoms with Crippen molar-refractivity contribution in [2.45, 2.75) is 23.8 Å². The third kappa shape index (κ3) is 5.66. The smallest absolute Gasteiger partial charge is 0.243 e. The zero-order chi connectivity index (χ0) is 25.0. The summed E-state index contributed by atoms with van der Waals surface area (Å²) in [6.07, 6.45) is 1.01. The number of hydrogen-bond acceptors (Lipinski definition) is 5. The monoisotopic (exact) mass is 495 g/mol. The highest BCUT2D eigenvalue weighted by atomic mass is 32.2. The number of methoxy groups -OCH3 is 1. The second-order valence-corrected chi connectivity index (χ2v) is 11.1. The van der Waals surface area contributed by atoms with Crippen LogP contribution in [-0.4, -0.2) is 64.4 Å². The summed E-state index contributed by atoms with van der Waals surface area (Å²) in [6.45, 7) is 1.13. The number of carbonyl (C=O) groups excluding carboxylic acids is 1. The van der Waals surface area contributed by atoms with E-state index in [0.717, 1.165) is 22.1 Å². The number of benzene rings is 3. The van der Waals surface area contributed by atoms with Crippen LogP contribution in [0.25, 0.3) is 10.8 Å². The van der Waals surface area contributed by atoms with Crippen LogP contribution in [-0.2, 0) is 14.8 Å². The topological polar surface area (TPSA) is 79.0 Å². The molecule has 7 nitrogen and oxygen atoms in total. The lowest BCUT2D eigenvalue weighted by Gasteiger charge is -2.31. The van der Waals surface area contributed by atoms with E-state index in [4.69, 9.17) is 4.74 Å². The number of amides is 1. The van der Waals surface area contributed by atoms with Crippen molar-refractivity contribution in [2.75, 3.05) is 40.8 Å². The number of nitrogens with zero attached hydrogens (tertiary/aromatic N) is 2. The Morgan fingerprint density at radius 3 is 2.43 bits per heavy atom. The Morgan fingerprint density at radius 1 is 1.03 bits per heavy atom. The molecule has 0 aromatic heterocycles. The lowest BCUT2D eigenvalue weighted by Crippen LogP contribution is -2.44. The number of likely N-dealkylation sites (N-methyl/N-ethyl adjacent to an activating group) is 1. The second kappa shape index (κ2) is 10.8. The minimum Gasteiger partial charge on any atom is -0.497 e. The van der Waals surface area contributed by atoms with E-state index in [1.165, 1.54) is 4.31 Å². The van der Waals surface area contributed by atoms with E-state index in [0.29, 0.717) is 37.4 Å². The van der Waals surface area contributed by atoms with Crippen LogP contribution in [0.5, 0.6) is 5.75 Å². The van der Waals surface area contributed by atoms with E-state index in [1.54, 1.807) is 19.2 Å². The largest absolute Gasteiger partial charge is 0.497 e. The molecule has 1 saturated heterocycles. The maximum absolute atomic E-state index is 13.2. The molecule has 1 aliphatic heterocycles. The summed E-state index contributed by atoms with van der Waals surface area (Å²) in [5.41, 5.74) is 1.06. The van der Waals surface area contributed by atoms with Gasteiger partial charge in [0.05, 0.1) is 18.0 Å². The van der Waals surface area contributed by atoms with Gasteiger partial charge in [0.1, 0.15) is 5.75 Å². The quantitative estimate of drug-likeness (QED) is 0.516. The summed E-state index contributed by atoms with van der Waals surface area (Å²) in [7, 11) is 2.00. The molecule has 0 unspecified atom stereocenters. The number of sulfonamides is 1. The van der Waals surface area contributed by atoms with Crippen LogP contribution in [0.4, 0.5) is 0 Å². The van der Waals surface area contributed by atoms with Crippen molar-refractivity contribution in [2.24, 2.45) is 5.92 Å². The number of rotatable bonds is 8. The molecule has 1 heterocycles. The zero-order valence-corrected chi connectivity index (χ0v) is 21.3. The molecule has 3 aromatic rings. The van der Waals surface area contributed by atoms with E-state index < -0.39 is 10.0 Å². The van der Waals surface area contributed by atoms with Gasteiger partial charge in [-0.15, -0.1) is 0 Å². The Balaban J connectivity index is 1.36. The van der Waals surface area contributed by atoms with Gasteiger partial charge in [-0.1, -0.05) is 42.5 Å². The molecule has 0 spiro atoms. The molecule has 1 amide bonds. The van der Waals surface area contributed by atoms with Crippen LogP contribution >= 0.6 is 0 Å². The lowest BCUT2D eigenvalue weighted by molar-refractivity contribution is -0.126. The van der Waals surface area contributed by atoms with Crippen molar-refractivity contribution in [1.29, 1.82) is 0 Å². The SMILES string of the molecule is COc1cccc([C@@H](CNC(=O)C2CCN(S(=O)(=O)c3ccc4ccccc4c3)CC2)N(C)C)c1. The molecule has 4 rings (SSSR count). The Labute approximate surface area is 207 Å². The average Bonchev–Trinajstić information content (AvgIpc) is 2.88. The number of hydrogen-bond donors (Lipinski definition) is 1. The molecule has 186 valence electrons. The number of piperidine rings is 1. The van der Waals surface area contributed by atoms with Crippen LogP contribution in [0, 0.1) is 5.92 Å². The molecule has 35 heavy (non-hydrogen) atoms. The standard InChI is InChI=1S/C27H33N3O4S/c1-29(2)26(23-9-6-10-24(17-23)34-3)19-28-27(31)21-13-15-30(16-14-21)35(32,33)25-12-11-20-7-4-5-8-22(20)18-25/h4-12,17-18,21,26H,13-16,19H2,1-3H3,(H,28,31)/t26-/m1/s1. The predicted molar refractivity (Wildman–Crippen MR) is 138 cm³/mol. The van der Waals surface area contributed by atoms with Crippen molar-refractivity contribution >= 4 is 26.7 Å². The highest BCUT2D eigenvalue weighted by molar-refractivity contribution is 7.89. The zero-order valence-electron chi connectivity index (χ0n) is 20.5. The molecular formula is C27H33N3O4S.